The van der Waals surface area contributed by atoms with Crippen molar-refractivity contribution in [3.8, 4) is 5.75 Å². The van der Waals surface area contributed by atoms with Crippen molar-refractivity contribution >= 4 is 0 Å². The molecule has 2 nitrogen and oxygen atoms in total. The van der Waals surface area contributed by atoms with Crippen LogP contribution in [0.5, 0.6) is 5.75 Å². The zero-order valence-corrected chi connectivity index (χ0v) is 8.83. The summed E-state index contributed by atoms with van der Waals surface area (Å²) < 4.78 is 29.2. The Morgan fingerprint density at radius 3 is 3.00 bits per heavy atom. The van der Waals surface area contributed by atoms with Crippen LogP contribution in [-0.2, 0) is 6.42 Å². The third kappa shape index (κ3) is 2.32. The van der Waals surface area contributed by atoms with Crippen molar-refractivity contribution in [3.05, 3.63) is 29.3 Å². The summed E-state index contributed by atoms with van der Waals surface area (Å²) in [6, 6.07) is 5.24. The van der Waals surface area contributed by atoms with Crippen molar-refractivity contribution in [3.63, 3.8) is 0 Å². The maximum Gasteiger partial charge on any atom is 0.272 e. The molecule has 1 atom stereocenters. The maximum absolute atomic E-state index is 12.1. The molecule has 0 aromatic heterocycles. The number of aliphatic hydroxyl groups is 1. The van der Waals surface area contributed by atoms with Crippen LogP contribution >= 0.6 is 0 Å². The second-order valence-corrected chi connectivity index (χ2v) is 3.93. The summed E-state index contributed by atoms with van der Waals surface area (Å²) in [5.41, 5.74) is 1.69. The van der Waals surface area contributed by atoms with Crippen LogP contribution in [0.15, 0.2) is 18.2 Å². The first-order chi connectivity index (χ1) is 7.68. The van der Waals surface area contributed by atoms with Gasteiger partial charge in [0.2, 0.25) is 0 Å². The van der Waals surface area contributed by atoms with Crippen LogP contribution in [0.4, 0.5) is 8.78 Å². The first-order valence-electron chi connectivity index (χ1n) is 5.39. The Labute approximate surface area is 92.9 Å². The molecule has 0 bridgehead atoms. The summed E-state index contributed by atoms with van der Waals surface area (Å²) in [6.45, 7) is -0.591. The smallest absolute Gasteiger partial charge is 0.272 e. The number of halogens is 2. The van der Waals surface area contributed by atoms with Gasteiger partial charge in [-0.25, -0.2) is 8.78 Å². The van der Waals surface area contributed by atoms with Gasteiger partial charge in [-0.1, -0.05) is 12.1 Å². The van der Waals surface area contributed by atoms with Gasteiger partial charge in [0.15, 0.2) is 0 Å². The Hall–Kier alpha value is -1.16. The predicted octanol–water partition coefficient (Wildman–Crippen LogP) is 2.70. The fraction of sp³-hybridized carbons (Fsp3) is 0.500. The number of rotatable bonds is 3. The minimum Gasteiger partial charge on any atom is -0.487 e. The Balaban J connectivity index is 2.22. The average molecular weight is 228 g/mol. The van der Waals surface area contributed by atoms with Crippen LogP contribution in [0.1, 0.15) is 30.1 Å². The normalized spacial score (nSPS) is 19.6. The van der Waals surface area contributed by atoms with Crippen molar-refractivity contribution in [2.45, 2.75) is 31.8 Å². The number of fused-ring (bicyclic) bond motifs is 1. The van der Waals surface area contributed by atoms with Gasteiger partial charge in [0.1, 0.15) is 12.4 Å². The van der Waals surface area contributed by atoms with Crippen LogP contribution in [-0.4, -0.2) is 18.1 Å². The van der Waals surface area contributed by atoms with E-state index < -0.39 is 19.1 Å². The highest BCUT2D eigenvalue weighted by Crippen LogP contribution is 2.35. The topological polar surface area (TPSA) is 29.5 Å². The summed E-state index contributed by atoms with van der Waals surface area (Å²) in [4.78, 5) is 0. The van der Waals surface area contributed by atoms with Gasteiger partial charge in [0, 0.05) is 0 Å². The fourth-order valence-electron chi connectivity index (χ4n) is 2.08. The van der Waals surface area contributed by atoms with Crippen LogP contribution in [0.3, 0.4) is 0 Å². The van der Waals surface area contributed by atoms with Crippen LogP contribution in [0.25, 0.3) is 0 Å². The summed E-state index contributed by atoms with van der Waals surface area (Å²) >= 11 is 0. The molecule has 0 spiro atoms. The van der Waals surface area contributed by atoms with Crippen LogP contribution in [0, 0.1) is 0 Å². The van der Waals surface area contributed by atoms with Crippen molar-refractivity contribution in [2.24, 2.45) is 0 Å². The van der Waals surface area contributed by atoms with Gasteiger partial charge in [0.05, 0.1) is 6.10 Å². The molecule has 0 saturated carbocycles. The van der Waals surface area contributed by atoms with Gasteiger partial charge >= 0.3 is 0 Å². The number of aliphatic hydroxyl groups excluding tert-OH is 1. The largest absolute Gasteiger partial charge is 0.487 e. The molecule has 1 aliphatic rings. The van der Waals surface area contributed by atoms with Crippen LogP contribution in [0.2, 0.25) is 0 Å². The summed E-state index contributed by atoms with van der Waals surface area (Å²) in [5, 5.41) is 9.76. The lowest BCUT2D eigenvalue weighted by atomic mass is 9.89. The zero-order chi connectivity index (χ0) is 11.5. The molecule has 0 aliphatic heterocycles. The number of alkyl halides is 2. The zero-order valence-electron chi connectivity index (χ0n) is 8.83. The van der Waals surface area contributed by atoms with E-state index in [0.29, 0.717) is 5.75 Å². The number of hydrogen-bond donors (Lipinski definition) is 1. The second-order valence-electron chi connectivity index (χ2n) is 3.93. The average Bonchev–Trinajstić information content (AvgIpc) is 2.27. The first-order valence-corrected chi connectivity index (χ1v) is 5.39. The standard InChI is InChI=1S/C12H14F2O2/c13-12(14)7-16-11-6-2-3-8-9(11)4-1-5-10(8)15/h2-3,6,10,12,15H,1,4-5,7H2. The van der Waals surface area contributed by atoms with E-state index in [2.05, 4.69) is 0 Å². The van der Waals surface area contributed by atoms with E-state index in [1.807, 2.05) is 6.07 Å². The van der Waals surface area contributed by atoms with E-state index in [-0.39, 0.29) is 0 Å². The maximum atomic E-state index is 12.1. The predicted molar refractivity (Wildman–Crippen MR) is 55.8 cm³/mol. The molecule has 1 N–H and O–H groups in total. The first kappa shape index (κ1) is 11.3. The van der Waals surface area contributed by atoms with E-state index in [0.717, 1.165) is 30.4 Å². The lowest BCUT2D eigenvalue weighted by molar-refractivity contribution is 0.0807. The van der Waals surface area contributed by atoms with E-state index in [1.165, 1.54) is 0 Å². The van der Waals surface area contributed by atoms with Crippen molar-refractivity contribution < 1.29 is 18.6 Å². The van der Waals surface area contributed by atoms with Gasteiger partial charge in [-0.2, -0.15) is 0 Å². The molecule has 1 aromatic carbocycles. The molecule has 1 aromatic rings. The van der Waals surface area contributed by atoms with Gasteiger partial charge in [-0.15, -0.1) is 0 Å². The minimum atomic E-state index is -2.47. The minimum absolute atomic E-state index is 0.483. The molecule has 0 saturated heterocycles. The lowest BCUT2D eigenvalue weighted by Gasteiger charge is -2.23. The number of hydrogen-bond acceptors (Lipinski definition) is 2. The van der Waals surface area contributed by atoms with Gasteiger partial charge < -0.3 is 9.84 Å². The van der Waals surface area contributed by atoms with Crippen LogP contribution < -0.4 is 4.74 Å². The molecule has 4 heteroatoms. The molecule has 0 heterocycles. The molecule has 0 amide bonds. The highest BCUT2D eigenvalue weighted by molar-refractivity contribution is 5.42. The summed E-state index contributed by atoms with van der Waals surface area (Å²) in [5.74, 6) is 0.483. The molecule has 1 aliphatic carbocycles. The Kier molecular flexibility index (Phi) is 3.39. The second kappa shape index (κ2) is 4.78. The molecule has 2 rings (SSSR count). The molecule has 0 radical (unpaired) electrons. The van der Waals surface area contributed by atoms with Gasteiger partial charge in [0.25, 0.3) is 6.43 Å². The molecular weight excluding hydrogens is 214 g/mol. The highest BCUT2D eigenvalue weighted by Gasteiger charge is 2.21. The molecule has 1 unspecified atom stereocenters. The van der Waals surface area contributed by atoms with Gasteiger partial charge in [-0.05, 0) is 36.5 Å². The molecule has 88 valence electrons. The highest BCUT2D eigenvalue weighted by atomic mass is 19.3. The van der Waals surface area contributed by atoms with Gasteiger partial charge in [-0.3, -0.25) is 0 Å². The lowest BCUT2D eigenvalue weighted by Crippen LogP contribution is -2.13. The number of benzene rings is 1. The van der Waals surface area contributed by atoms with Crippen molar-refractivity contribution in [2.75, 3.05) is 6.61 Å². The third-order valence-corrected chi connectivity index (χ3v) is 2.80. The van der Waals surface area contributed by atoms with E-state index in [1.54, 1.807) is 12.1 Å². The monoisotopic (exact) mass is 228 g/mol. The SMILES string of the molecule is OC1CCCc2c(OCC(F)F)cccc21. The Bertz CT molecular complexity index is 366. The van der Waals surface area contributed by atoms with E-state index in [4.69, 9.17) is 4.74 Å². The quantitative estimate of drug-likeness (QED) is 0.861. The third-order valence-electron chi connectivity index (χ3n) is 2.80. The van der Waals surface area contributed by atoms with Crippen molar-refractivity contribution in [1.82, 2.24) is 0 Å². The summed E-state index contributed by atoms with van der Waals surface area (Å²) in [7, 11) is 0. The number of ether oxygens (including phenoxy) is 1. The fourth-order valence-corrected chi connectivity index (χ4v) is 2.08. The Morgan fingerprint density at radius 2 is 2.25 bits per heavy atom. The Morgan fingerprint density at radius 1 is 1.44 bits per heavy atom. The van der Waals surface area contributed by atoms with E-state index >= 15 is 0 Å². The summed E-state index contributed by atoms with van der Waals surface area (Å²) in [6.07, 6.45) is -0.580. The molecule has 0 fully saturated rings. The van der Waals surface area contributed by atoms with Crippen molar-refractivity contribution in [1.29, 1.82) is 0 Å². The molecular formula is C12H14F2O2. The molecule has 16 heavy (non-hydrogen) atoms. The van der Waals surface area contributed by atoms with E-state index in [9.17, 15) is 13.9 Å².